The van der Waals surface area contributed by atoms with E-state index < -0.39 is 0 Å². The number of hydrogen-bond donors (Lipinski definition) is 0. The molecule has 0 amide bonds. The van der Waals surface area contributed by atoms with E-state index in [9.17, 15) is 4.79 Å². The molecule has 58 valence electrons. The quantitative estimate of drug-likeness (QED) is 0.530. The lowest BCUT2D eigenvalue weighted by Gasteiger charge is -2.03. The predicted molar refractivity (Wildman–Crippen MR) is 46.8 cm³/mol. The Balaban J connectivity index is 3.36. The largest absolute Gasteiger partial charge is 0.298 e. The van der Waals surface area contributed by atoms with Crippen LogP contribution in [0.5, 0.6) is 0 Å². The summed E-state index contributed by atoms with van der Waals surface area (Å²) in [6, 6.07) is 0. The molecule has 0 bridgehead atoms. The number of halogens is 1. The minimum absolute atomic E-state index is 0.658. The highest BCUT2D eigenvalue weighted by Crippen LogP contribution is 2.18. The molecule has 0 spiro atoms. The average Bonchev–Trinajstić information content (AvgIpc) is 2.01. The van der Waals surface area contributed by atoms with Crippen molar-refractivity contribution in [2.45, 2.75) is 13.8 Å². The smallest absolute Gasteiger partial charge is 0.151 e. The highest BCUT2D eigenvalue weighted by molar-refractivity contribution is 9.10. The third-order valence-electron chi connectivity index (χ3n) is 1.75. The normalized spacial score (nSPS) is 9.73. The van der Waals surface area contributed by atoms with Crippen LogP contribution in [0, 0.1) is 13.8 Å². The number of rotatable bonds is 1. The zero-order valence-electron chi connectivity index (χ0n) is 6.39. The summed E-state index contributed by atoms with van der Waals surface area (Å²) in [5.41, 5.74) is 2.67. The first-order valence-electron chi connectivity index (χ1n) is 3.23. The predicted octanol–water partition coefficient (Wildman–Crippen LogP) is 2.27. The second-order valence-electron chi connectivity index (χ2n) is 2.37. The number of aldehydes is 1. The van der Waals surface area contributed by atoms with Crippen molar-refractivity contribution >= 4 is 22.2 Å². The maximum absolute atomic E-state index is 10.4. The van der Waals surface area contributed by atoms with E-state index in [0.29, 0.717) is 5.56 Å². The first kappa shape index (κ1) is 8.40. The van der Waals surface area contributed by atoms with Gasteiger partial charge in [0.1, 0.15) is 4.60 Å². The Labute approximate surface area is 73.8 Å². The number of hydrogen-bond acceptors (Lipinski definition) is 2. The molecule has 0 radical (unpaired) electrons. The monoisotopic (exact) mass is 213 g/mol. The number of carbonyl (C=O) groups excluding carboxylic acids is 1. The zero-order valence-corrected chi connectivity index (χ0v) is 7.97. The lowest BCUT2D eigenvalue weighted by molar-refractivity contribution is 0.112. The van der Waals surface area contributed by atoms with E-state index in [2.05, 4.69) is 20.9 Å². The molecule has 0 fully saturated rings. The van der Waals surface area contributed by atoms with Gasteiger partial charge in [-0.15, -0.1) is 0 Å². The first-order chi connectivity index (χ1) is 5.16. The highest BCUT2D eigenvalue weighted by Gasteiger charge is 2.03. The zero-order chi connectivity index (χ0) is 8.43. The van der Waals surface area contributed by atoms with E-state index in [1.165, 1.54) is 0 Å². The van der Waals surface area contributed by atoms with Crippen LogP contribution in [0.2, 0.25) is 0 Å². The summed E-state index contributed by atoms with van der Waals surface area (Å²) in [6.45, 7) is 3.84. The van der Waals surface area contributed by atoms with Crippen LogP contribution in [-0.4, -0.2) is 11.3 Å². The molecular weight excluding hydrogens is 206 g/mol. The molecule has 0 saturated heterocycles. The second-order valence-corrected chi connectivity index (χ2v) is 3.12. The van der Waals surface area contributed by atoms with Crippen LogP contribution in [0.4, 0.5) is 0 Å². The lowest BCUT2D eigenvalue weighted by Crippen LogP contribution is -1.93. The third kappa shape index (κ3) is 1.48. The number of nitrogens with zero attached hydrogens (tertiary/aromatic N) is 1. The van der Waals surface area contributed by atoms with Gasteiger partial charge in [-0.3, -0.25) is 4.79 Å². The van der Waals surface area contributed by atoms with E-state index in [1.54, 1.807) is 6.20 Å². The molecule has 1 rings (SSSR count). The van der Waals surface area contributed by atoms with Crippen molar-refractivity contribution < 1.29 is 4.79 Å². The Morgan fingerprint density at radius 1 is 1.45 bits per heavy atom. The second kappa shape index (κ2) is 3.13. The summed E-state index contributed by atoms with van der Waals surface area (Å²) in [7, 11) is 0. The fourth-order valence-electron chi connectivity index (χ4n) is 0.810. The van der Waals surface area contributed by atoms with E-state index >= 15 is 0 Å². The lowest BCUT2D eigenvalue weighted by atomic mass is 10.1. The van der Waals surface area contributed by atoms with Crippen LogP contribution in [0.3, 0.4) is 0 Å². The summed E-state index contributed by atoms with van der Waals surface area (Å²) in [4.78, 5) is 14.4. The van der Waals surface area contributed by atoms with Crippen molar-refractivity contribution in [3.63, 3.8) is 0 Å². The molecule has 0 N–H and O–H groups in total. The van der Waals surface area contributed by atoms with Gasteiger partial charge in [-0.25, -0.2) is 4.98 Å². The number of carbonyl (C=O) groups is 1. The molecule has 1 heterocycles. The van der Waals surface area contributed by atoms with E-state index in [0.717, 1.165) is 22.0 Å². The van der Waals surface area contributed by atoms with Crippen LogP contribution >= 0.6 is 15.9 Å². The van der Waals surface area contributed by atoms with Gasteiger partial charge in [0, 0.05) is 11.8 Å². The van der Waals surface area contributed by atoms with Gasteiger partial charge < -0.3 is 0 Å². The third-order valence-corrected chi connectivity index (χ3v) is 2.55. The Morgan fingerprint density at radius 3 is 2.64 bits per heavy atom. The Morgan fingerprint density at radius 2 is 2.09 bits per heavy atom. The standard InChI is InChI=1S/C8H8BrNO/c1-5-6(2)8(9)10-3-7(5)4-11/h3-4H,1-2H3. The molecule has 0 saturated carbocycles. The fourth-order valence-corrected chi connectivity index (χ4v) is 1.21. The van der Waals surface area contributed by atoms with Gasteiger partial charge >= 0.3 is 0 Å². The molecule has 0 unspecified atom stereocenters. The molecule has 0 atom stereocenters. The van der Waals surface area contributed by atoms with Crippen LogP contribution in [0.15, 0.2) is 10.8 Å². The fraction of sp³-hybridized carbons (Fsp3) is 0.250. The molecular formula is C8H8BrNO. The van der Waals surface area contributed by atoms with Gasteiger partial charge in [-0.2, -0.15) is 0 Å². The highest BCUT2D eigenvalue weighted by atomic mass is 79.9. The van der Waals surface area contributed by atoms with Crippen molar-refractivity contribution in [3.05, 3.63) is 27.5 Å². The first-order valence-corrected chi connectivity index (χ1v) is 4.03. The summed E-state index contributed by atoms with van der Waals surface area (Å²) in [5, 5.41) is 0. The Kier molecular flexibility index (Phi) is 2.39. The summed E-state index contributed by atoms with van der Waals surface area (Å²) in [5.74, 6) is 0. The molecule has 1 aromatic rings. The number of aromatic nitrogens is 1. The molecule has 0 aliphatic carbocycles. The number of pyridine rings is 1. The van der Waals surface area contributed by atoms with Gasteiger partial charge in [0.15, 0.2) is 6.29 Å². The molecule has 0 aliphatic heterocycles. The van der Waals surface area contributed by atoms with Crippen molar-refractivity contribution in [3.8, 4) is 0 Å². The minimum Gasteiger partial charge on any atom is -0.298 e. The minimum atomic E-state index is 0.658. The van der Waals surface area contributed by atoms with Crippen molar-refractivity contribution in [1.82, 2.24) is 4.98 Å². The summed E-state index contributed by atoms with van der Waals surface area (Å²) < 4.78 is 0.806. The van der Waals surface area contributed by atoms with Gasteiger partial charge in [0.05, 0.1) is 0 Å². The van der Waals surface area contributed by atoms with E-state index in [1.807, 2.05) is 13.8 Å². The maximum atomic E-state index is 10.4. The van der Waals surface area contributed by atoms with Crippen LogP contribution in [0.25, 0.3) is 0 Å². The molecule has 3 heteroatoms. The van der Waals surface area contributed by atoms with Gasteiger partial charge in [-0.05, 0) is 40.9 Å². The van der Waals surface area contributed by atoms with Gasteiger partial charge in [-0.1, -0.05) is 0 Å². The molecule has 0 aromatic carbocycles. The van der Waals surface area contributed by atoms with E-state index in [4.69, 9.17) is 0 Å². The average molecular weight is 214 g/mol. The molecule has 1 aromatic heterocycles. The van der Waals surface area contributed by atoms with Crippen molar-refractivity contribution in [1.29, 1.82) is 0 Å². The molecule has 0 aliphatic rings. The van der Waals surface area contributed by atoms with Crippen LogP contribution in [-0.2, 0) is 0 Å². The SMILES string of the molecule is Cc1c(C=O)cnc(Br)c1C. The Bertz CT molecular complexity index is 296. The summed E-state index contributed by atoms with van der Waals surface area (Å²) in [6.07, 6.45) is 2.39. The summed E-state index contributed by atoms with van der Waals surface area (Å²) >= 11 is 3.28. The van der Waals surface area contributed by atoms with Crippen molar-refractivity contribution in [2.24, 2.45) is 0 Å². The van der Waals surface area contributed by atoms with Crippen molar-refractivity contribution in [2.75, 3.05) is 0 Å². The van der Waals surface area contributed by atoms with Gasteiger partial charge in [0.2, 0.25) is 0 Å². The molecule has 11 heavy (non-hydrogen) atoms. The Hall–Kier alpha value is -0.700. The van der Waals surface area contributed by atoms with E-state index in [-0.39, 0.29) is 0 Å². The van der Waals surface area contributed by atoms with Crippen LogP contribution in [0.1, 0.15) is 21.5 Å². The molecule has 2 nitrogen and oxygen atoms in total. The van der Waals surface area contributed by atoms with Crippen LogP contribution < -0.4 is 0 Å². The topological polar surface area (TPSA) is 30.0 Å². The van der Waals surface area contributed by atoms with Gasteiger partial charge in [0.25, 0.3) is 0 Å². The maximum Gasteiger partial charge on any atom is 0.151 e.